The Bertz CT molecular complexity index is 347. The van der Waals surface area contributed by atoms with Crippen molar-refractivity contribution < 1.29 is 9.90 Å². The number of carbonyl (C=O) groups is 1. The number of piperazine rings is 1. The van der Waals surface area contributed by atoms with Crippen molar-refractivity contribution in [2.45, 2.75) is 6.54 Å². The second-order valence-corrected chi connectivity index (χ2v) is 4.56. The SMILES string of the molecule is O=C(O)c1cnc(CN2CCNCC2)s1. The van der Waals surface area contributed by atoms with Crippen molar-refractivity contribution in [2.75, 3.05) is 26.2 Å². The van der Waals surface area contributed by atoms with Gasteiger partial charge in [0.15, 0.2) is 0 Å². The molecule has 1 aromatic heterocycles. The van der Waals surface area contributed by atoms with Crippen LogP contribution < -0.4 is 5.32 Å². The highest BCUT2D eigenvalue weighted by molar-refractivity contribution is 7.13. The molecule has 2 N–H and O–H groups in total. The number of hydrogen-bond acceptors (Lipinski definition) is 5. The maximum Gasteiger partial charge on any atom is 0.347 e. The lowest BCUT2D eigenvalue weighted by atomic mass is 10.3. The van der Waals surface area contributed by atoms with Crippen LogP contribution in [0.1, 0.15) is 14.7 Å². The van der Waals surface area contributed by atoms with Crippen LogP contribution in [0.3, 0.4) is 0 Å². The van der Waals surface area contributed by atoms with Gasteiger partial charge in [0, 0.05) is 26.2 Å². The summed E-state index contributed by atoms with van der Waals surface area (Å²) < 4.78 is 0. The summed E-state index contributed by atoms with van der Waals surface area (Å²) in [4.78, 5) is 17.4. The molecule has 5 nitrogen and oxygen atoms in total. The van der Waals surface area contributed by atoms with E-state index in [1.807, 2.05) is 0 Å². The summed E-state index contributed by atoms with van der Waals surface area (Å²) in [5, 5.41) is 12.9. The molecule has 6 heteroatoms. The molecule has 0 aromatic carbocycles. The smallest absolute Gasteiger partial charge is 0.347 e. The number of carboxylic acids is 1. The van der Waals surface area contributed by atoms with Crippen LogP contribution in [0.2, 0.25) is 0 Å². The van der Waals surface area contributed by atoms with Crippen LogP contribution in [0.5, 0.6) is 0 Å². The molecule has 0 unspecified atom stereocenters. The molecule has 1 aromatic rings. The minimum Gasteiger partial charge on any atom is -0.477 e. The van der Waals surface area contributed by atoms with E-state index >= 15 is 0 Å². The van der Waals surface area contributed by atoms with Gasteiger partial charge in [0.2, 0.25) is 0 Å². The van der Waals surface area contributed by atoms with Gasteiger partial charge in [-0.15, -0.1) is 11.3 Å². The number of aromatic carboxylic acids is 1. The minimum atomic E-state index is -0.890. The van der Waals surface area contributed by atoms with E-state index in [2.05, 4.69) is 15.2 Å². The zero-order valence-electron chi connectivity index (χ0n) is 8.27. The highest BCUT2D eigenvalue weighted by Gasteiger charge is 2.13. The van der Waals surface area contributed by atoms with Crippen molar-refractivity contribution in [1.29, 1.82) is 0 Å². The quantitative estimate of drug-likeness (QED) is 0.774. The zero-order valence-corrected chi connectivity index (χ0v) is 9.09. The van der Waals surface area contributed by atoms with Gasteiger partial charge in [-0.25, -0.2) is 9.78 Å². The van der Waals surface area contributed by atoms with Gasteiger partial charge >= 0.3 is 5.97 Å². The van der Waals surface area contributed by atoms with Crippen molar-refractivity contribution in [3.05, 3.63) is 16.1 Å². The molecule has 0 aliphatic carbocycles. The number of thiazole rings is 1. The van der Waals surface area contributed by atoms with Crippen LogP contribution in [0.15, 0.2) is 6.20 Å². The summed E-state index contributed by atoms with van der Waals surface area (Å²) in [5.41, 5.74) is 0. The predicted molar refractivity (Wildman–Crippen MR) is 57.2 cm³/mol. The van der Waals surface area contributed by atoms with Crippen LogP contribution in [-0.4, -0.2) is 47.1 Å². The summed E-state index contributed by atoms with van der Waals surface area (Å²) in [6, 6.07) is 0. The molecular weight excluding hydrogens is 214 g/mol. The predicted octanol–water partition coefficient (Wildman–Crippen LogP) is 0.246. The first-order valence-electron chi connectivity index (χ1n) is 4.87. The fourth-order valence-corrected chi connectivity index (χ4v) is 2.34. The summed E-state index contributed by atoms with van der Waals surface area (Å²) in [6.45, 7) is 4.76. The fraction of sp³-hybridized carbons (Fsp3) is 0.556. The molecular formula is C9H13N3O2S. The van der Waals surface area contributed by atoms with E-state index in [1.54, 1.807) is 0 Å². The number of hydrogen-bond donors (Lipinski definition) is 2. The summed E-state index contributed by atoms with van der Waals surface area (Å²) in [6.07, 6.45) is 1.44. The average Bonchev–Trinajstić information content (AvgIpc) is 2.68. The maximum atomic E-state index is 10.7. The highest BCUT2D eigenvalue weighted by Crippen LogP contribution is 2.14. The molecule has 1 aliphatic heterocycles. The molecule has 0 radical (unpaired) electrons. The van der Waals surface area contributed by atoms with Gasteiger partial charge in [0.05, 0.1) is 12.7 Å². The Morgan fingerprint density at radius 3 is 2.93 bits per heavy atom. The number of nitrogens with zero attached hydrogens (tertiary/aromatic N) is 2. The molecule has 2 rings (SSSR count). The molecule has 0 saturated carbocycles. The Balaban J connectivity index is 1.94. The van der Waals surface area contributed by atoms with Gasteiger partial charge in [-0.2, -0.15) is 0 Å². The Morgan fingerprint density at radius 2 is 2.33 bits per heavy atom. The largest absolute Gasteiger partial charge is 0.477 e. The normalized spacial score (nSPS) is 17.9. The Kier molecular flexibility index (Phi) is 3.30. The van der Waals surface area contributed by atoms with E-state index in [4.69, 9.17) is 5.11 Å². The second-order valence-electron chi connectivity index (χ2n) is 3.45. The lowest BCUT2D eigenvalue weighted by Gasteiger charge is -2.25. The number of nitrogens with one attached hydrogen (secondary N) is 1. The first-order valence-corrected chi connectivity index (χ1v) is 5.68. The molecule has 1 aliphatic rings. The van der Waals surface area contributed by atoms with Crippen LogP contribution in [0.25, 0.3) is 0 Å². The molecule has 82 valence electrons. The van der Waals surface area contributed by atoms with Crippen molar-refractivity contribution >= 4 is 17.3 Å². The standard InChI is InChI=1S/C9H13N3O2S/c13-9(14)7-5-11-8(15-7)6-12-3-1-10-2-4-12/h5,10H,1-4,6H2,(H,13,14). The zero-order chi connectivity index (χ0) is 10.7. The Labute approximate surface area is 91.7 Å². The van der Waals surface area contributed by atoms with E-state index in [1.165, 1.54) is 17.5 Å². The summed E-state index contributed by atoms with van der Waals surface area (Å²) >= 11 is 1.26. The highest BCUT2D eigenvalue weighted by atomic mass is 32.1. The third-order valence-corrected chi connectivity index (χ3v) is 3.30. The van der Waals surface area contributed by atoms with Crippen LogP contribution in [0, 0.1) is 0 Å². The van der Waals surface area contributed by atoms with Crippen molar-refractivity contribution in [1.82, 2.24) is 15.2 Å². The molecule has 2 heterocycles. The van der Waals surface area contributed by atoms with Crippen molar-refractivity contribution in [2.24, 2.45) is 0 Å². The molecule has 1 fully saturated rings. The molecule has 1 saturated heterocycles. The first-order chi connectivity index (χ1) is 7.25. The number of carboxylic acid groups (broad SMARTS) is 1. The van der Waals surface area contributed by atoms with Gasteiger partial charge in [-0.05, 0) is 0 Å². The van der Waals surface area contributed by atoms with E-state index in [0.717, 1.165) is 37.7 Å². The molecule has 0 spiro atoms. The second kappa shape index (κ2) is 4.69. The molecule has 0 amide bonds. The average molecular weight is 227 g/mol. The van der Waals surface area contributed by atoms with E-state index < -0.39 is 5.97 Å². The minimum absolute atomic E-state index is 0.320. The fourth-order valence-electron chi connectivity index (χ4n) is 1.54. The molecule has 0 atom stereocenters. The van der Waals surface area contributed by atoms with E-state index in [9.17, 15) is 4.79 Å². The first kappa shape index (κ1) is 10.5. The number of aromatic nitrogens is 1. The van der Waals surface area contributed by atoms with E-state index in [0.29, 0.717) is 4.88 Å². The van der Waals surface area contributed by atoms with Crippen LogP contribution in [0.4, 0.5) is 0 Å². The number of rotatable bonds is 3. The van der Waals surface area contributed by atoms with Gasteiger partial charge in [-0.3, -0.25) is 4.90 Å². The molecule has 0 bridgehead atoms. The van der Waals surface area contributed by atoms with E-state index in [-0.39, 0.29) is 0 Å². The van der Waals surface area contributed by atoms with Crippen molar-refractivity contribution in [3.63, 3.8) is 0 Å². The van der Waals surface area contributed by atoms with Gasteiger partial charge in [0.25, 0.3) is 0 Å². The van der Waals surface area contributed by atoms with Gasteiger partial charge in [-0.1, -0.05) is 0 Å². The van der Waals surface area contributed by atoms with Gasteiger partial charge < -0.3 is 10.4 Å². The topological polar surface area (TPSA) is 65.5 Å². The maximum absolute atomic E-state index is 10.7. The van der Waals surface area contributed by atoms with Crippen LogP contribution in [-0.2, 0) is 6.54 Å². The lowest BCUT2D eigenvalue weighted by molar-refractivity contribution is 0.0702. The van der Waals surface area contributed by atoms with Crippen LogP contribution >= 0.6 is 11.3 Å². The van der Waals surface area contributed by atoms with Crippen molar-refractivity contribution in [3.8, 4) is 0 Å². The molecule has 15 heavy (non-hydrogen) atoms. The summed E-state index contributed by atoms with van der Waals surface area (Å²) in [7, 11) is 0. The third kappa shape index (κ3) is 2.74. The Morgan fingerprint density at radius 1 is 1.60 bits per heavy atom. The lowest BCUT2D eigenvalue weighted by Crippen LogP contribution is -2.42. The third-order valence-electron chi connectivity index (χ3n) is 2.33. The summed E-state index contributed by atoms with van der Waals surface area (Å²) in [5.74, 6) is -0.890. The van der Waals surface area contributed by atoms with Gasteiger partial charge in [0.1, 0.15) is 9.88 Å². The Hall–Kier alpha value is -0.980. The monoisotopic (exact) mass is 227 g/mol.